The molecule has 0 aliphatic carbocycles. The third-order valence-electron chi connectivity index (χ3n) is 3.15. The van der Waals surface area contributed by atoms with Gasteiger partial charge in [0.25, 0.3) is 10.0 Å². The number of hydrogen-bond donors (Lipinski definition) is 0. The lowest BCUT2D eigenvalue weighted by Gasteiger charge is -2.08. The summed E-state index contributed by atoms with van der Waals surface area (Å²) in [5.41, 5.74) is 1.55. The summed E-state index contributed by atoms with van der Waals surface area (Å²) in [5.74, 6) is 0. The average molecular weight is 398 g/mol. The minimum absolute atomic E-state index is 0.300. The highest BCUT2D eigenvalue weighted by Crippen LogP contribution is 2.34. The first-order valence-corrected chi connectivity index (χ1v) is 9.37. The standard InChI is InChI=1S/C14H12BrN3O2S2/c1-18(2)22(19,20)13-6-5-12(21-13)14-10-7-9(15)3-4-11(10)16-8-17-14/h3-8H,1-2H3. The Bertz CT molecular complexity index is 952. The second kappa shape index (κ2) is 5.69. The van der Waals surface area contributed by atoms with Crippen LogP contribution in [0, 0.1) is 0 Å². The van der Waals surface area contributed by atoms with Gasteiger partial charge >= 0.3 is 0 Å². The van der Waals surface area contributed by atoms with Gasteiger partial charge in [0.1, 0.15) is 10.5 Å². The first-order valence-electron chi connectivity index (χ1n) is 6.32. The Morgan fingerprint density at radius 3 is 2.64 bits per heavy atom. The fraction of sp³-hybridized carbons (Fsp3) is 0.143. The maximum Gasteiger partial charge on any atom is 0.252 e. The summed E-state index contributed by atoms with van der Waals surface area (Å²) in [5, 5.41) is 0.882. The minimum Gasteiger partial charge on any atom is -0.236 e. The molecule has 1 aromatic carbocycles. The first-order chi connectivity index (χ1) is 10.4. The van der Waals surface area contributed by atoms with Crippen LogP contribution in [0.25, 0.3) is 21.5 Å². The topological polar surface area (TPSA) is 63.2 Å². The number of thiophene rings is 1. The van der Waals surface area contributed by atoms with Crippen molar-refractivity contribution >= 4 is 48.2 Å². The molecular formula is C14H12BrN3O2S2. The molecule has 0 saturated heterocycles. The van der Waals surface area contributed by atoms with Gasteiger partial charge in [0.2, 0.25) is 0 Å². The number of rotatable bonds is 3. The lowest BCUT2D eigenvalue weighted by Crippen LogP contribution is -2.21. The molecule has 2 aromatic heterocycles. The van der Waals surface area contributed by atoms with E-state index in [1.807, 2.05) is 18.2 Å². The van der Waals surface area contributed by atoms with Crippen molar-refractivity contribution < 1.29 is 8.42 Å². The Morgan fingerprint density at radius 1 is 1.14 bits per heavy atom. The molecule has 3 rings (SSSR count). The molecule has 22 heavy (non-hydrogen) atoms. The molecule has 5 nitrogen and oxygen atoms in total. The number of hydrogen-bond acceptors (Lipinski definition) is 5. The van der Waals surface area contributed by atoms with E-state index in [0.717, 1.165) is 25.9 Å². The monoisotopic (exact) mass is 397 g/mol. The predicted octanol–water partition coefficient (Wildman–Crippen LogP) is 3.37. The van der Waals surface area contributed by atoms with Crippen LogP contribution in [0.1, 0.15) is 0 Å². The molecule has 0 atom stereocenters. The minimum atomic E-state index is -3.43. The molecule has 2 heterocycles. The zero-order chi connectivity index (χ0) is 15.9. The molecule has 0 amide bonds. The molecule has 0 spiro atoms. The molecule has 0 aliphatic rings. The van der Waals surface area contributed by atoms with E-state index < -0.39 is 10.0 Å². The molecule has 0 unspecified atom stereocenters. The van der Waals surface area contributed by atoms with Crippen LogP contribution >= 0.6 is 27.3 Å². The fourth-order valence-electron chi connectivity index (χ4n) is 1.99. The molecular weight excluding hydrogens is 386 g/mol. The number of sulfonamides is 1. The SMILES string of the molecule is CN(C)S(=O)(=O)c1ccc(-c2ncnc3ccc(Br)cc23)s1. The third kappa shape index (κ3) is 2.67. The van der Waals surface area contributed by atoms with Crippen LogP contribution in [-0.4, -0.2) is 36.8 Å². The van der Waals surface area contributed by atoms with Crippen molar-refractivity contribution in [2.24, 2.45) is 0 Å². The average Bonchev–Trinajstić information content (AvgIpc) is 2.96. The molecule has 8 heteroatoms. The van der Waals surface area contributed by atoms with Crippen LogP contribution in [-0.2, 0) is 10.0 Å². The van der Waals surface area contributed by atoms with Crippen LogP contribution in [0.5, 0.6) is 0 Å². The van der Waals surface area contributed by atoms with Crippen LogP contribution in [0.3, 0.4) is 0 Å². The van der Waals surface area contributed by atoms with Gasteiger partial charge < -0.3 is 0 Å². The normalized spacial score (nSPS) is 12.2. The summed E-state index contributed by atoms with van der Waals surface area (Å²) in [6.45, 7) is 0. The maximum atomic E-state index is 12.2. The highest BCUT2D eigenvalue weighted by atomic mass is 79.9. The van der Waals surface area contributed by atoms with E-state index in [1.54, 1.807) is 12.1 Å². The van der Waals surface area contributed by atoms with Gasteiger partial charge in [-0.3, -0.25) is 0 Å². The number of nitrogens with zero attached hydrogens (tertiary/aromatic N) is 3. The van der Waals surface area contributed by atoms with Crippen LogP contribution in [0.4, 0.5) is 0 Å². The largest absolute Gasteiger partial charge is 0.252 e. The van der Waals surface area contributed by atoms with Gasteiger partial charge in [-0.1, -0.05) is 15.9 Å². The predicted molar refractivity (Wildman–Crippen MR) is 91.4 cm³/mol. The zero-order valence-electron chi connectivity index (χ0n) is 11.8. The van der Waals surface area contributed by atoms with Crippen molar-refractivity contribution in [2.75, 3.05) is 14.1 Å². The summed E-state index contributed by atoms with van der Waals surface area (Å²) in [4.78, 5) is 9.36. The maximum absolute atomic E-state index is 12.2. The van der Waals surface area contributed by atoms with Gasteiger partial charge in [0, 0.05) is 24.0 Å². The Balaban J connectivity index is 2.18. The van der Waals surface area contributed by atoms with E-state index in [4.69, 9.17) is 0 Å². The summed E-state index contributed by atoms with van der Waals surface area (Å²) < 4.78 is 26.8. The molecule has 0 radical (unpaired) electrons. The van der Waals surface area contributed by atoms with Crippen LogP contribution in [0.15, 0.2) is 45.3 Å². The van der Waals surface area contributed by atoms with Crippen molar-refractivity contribution in [3.05, 3.63) is 41.1 Å². The van der Waals surface area contributed by atoms with Crippen molar-refractivity contribution in [3.63, 3.8) is 0 Å². The van der Waals surface area contributed by atoms with Gasteiger partial charge in [-0.05, 0) is 30.3 Å². The van der Waals surface area contributed by atoms with E-state index >= 15 is 0 Å². The number of halogens is 1. The Labute approximate surface area is 140 Å². The Hall–Kier alpha value is -1.35. The molecule has 0 fully saturated rings. The zero-order valence-corrected chi connectivity index (χ0v) is 15.0. The van der Waals surface area contributed by atoms with Crippen LogP contribution < -0.4 is 0 Å². The van der Waals surface area contributed by atoms with Crippen LogP contribution in [0.2, 0.25) is 0 Å². The molecule has 114 valence electrons. The quantitative estimate of drug-likeness (QED) is 0.679. The fourth-order valence-corrected chi connectivity index (χ4v) is 4.84. The second-order valence-corrected chi connectivity index (χ2v) is 9.17. The number of fused-ring (bicyclic) bond motifs is 1. The summed E-state index contributed by atoms with van der Waals surface area (Å²) in [6, 6.07) is 9.14. The lowest BCUT2D eigenvalue weighted by molar-refractivity contribution is 0.523. The van der Waals surface area contributed by atoms with E-state index in [0.29, 0.717) is 4.21 Å². The Kier molecular flexibility index (Phi) is 4.02. The van der Waals surface area contributed by atoms with Crippen molar-refractivity contribution in [3.8, 4) is 10.6 Å². The highest BCUT2D eigenvalue weighted by molar-refractivity contribution is 9.10. The van der Waals surface area contributed by atoms with Gasteiger partial charge in [-0.2, -0.15) is 0 Å². The van der Waals surface area contributed by atoms with Crippen molar-refractivity contribution in [1.29, 1.82) is 0 Å². The van der Waals surface area contributed by atoms with Gasteiger partial charge in [0.15, 0.2) is 0 Å². The Morgan fingerprint density at radius 2 is 1.91 bits per heavy atom. The van der Waals surface area contributed by atoms with E-state index in [-0.39, 0.29) is 0 Å². The lowest BCUT2D eigenvalue weighted by atomic mass is 10.1. The molecule has 3 aromatic rings. The van der Waals surface area contributed by atoms with E-state index in [9.17, 15) is 8.42 Å². The summed E-state index contributed by atoms with van der Waals surface area (Å²) in [6.07, 6.45) is 1.49. The first kappa shape index (κ1) is 15.5. The van der Waals surface area contributed by atoms with Gasteiger partial charge in [-0.15, -0.1) is 11.3 Å². The van der Waals surface area contributed by atoms with Crippen molar-refractivity contribution in [1.82, 2.24) is 14.3 Å². The van der Waals surface area contributed by atoms with E-state index in [2.05, 4.69) is 25.9 Å². The number of aromatic nitrogens is 2. The van der Waals surface area contributed by atoms with Gasteiger partial charge in [-0.25, -0.2) is 22.7 Å². The van der Waals surface area contributed by atoms with Gasteiger partial charge in [0.05, 0.1) is 16.1 Å². The number of benzene rings is 1. The molecule has 0 saturated carbocycles. The molecule has 0 N–H and O–H groups in total. The van der Waals surface area contributed by atoms with E-state index in [1.165, 1.54) is 36.1 Å². The smallest absolute Gasteiger partial charge is 0.236 e. The van der Waals surface area contributed by atoms with Crippen molar-refractivity contribution in [2.45, 2.75) is 4.21 Å². The molecule has 0 bridgehead atoms. The summed E-state index contributed by atoms with van der Waals surface area (Å²) in [7, 11) is -0.387. The third-order valence-corrected chi connectivity index (χ3v) is 7.01. The summed E-state index contributed by atoms with van der Waals surface area (Å²) >= 11 is 4.65. The second-order valence-electron chi connectivity index (χ2n) is 4.79. The highest BCUT2D eigenvalue weighted by Gasteiger charge is 2.20. The molecule has 0 aliphatic heterocycles.